The van der Waals surface area contributed by atoms with Crippen molar-refractivity contribution in [2.45, 2.75) is 0 Å². The van der Waals surface area contributed by atoms with Crippen molar-refractivity contribution < 1.29 is 5.21 Å². The summed E-state index contributed by atoms with van der Waals surface area (Å²) in [7, 11) is 0. The topological polar surface area (TPSA) is 61.3 Å². The van der Waals surface area contributed by atoms with Crippen LogP contribution in [0.1, 0.15) is 5.69 Å². The summed E-state index contributed by atoms with van der Waals surface area (Å²) in [6.45, 7) is 0. The van der Waals surface area contributed by atoms with Crippen LogP contribution in [0.5, 0.6) is 0 Å². The van der Waals surface area contributed by atoms with E-state index in [9.17, 15) is 0 Å². The third-order valence-electron chi connectivity index (χ3n) is 1.64. The van der Waals surface area contributed by atoms with E-state index in [1.165, 1.54) is 6.21 Å². The number of nitrogens with zero attached hydrogens (tertiary/aromatic N) is 2. The Labute approximate surface area is 68.6 Å². The Morgan fingerprint density at radius 3 is 3.25 bits per heavy atom. The highest BCUT2D eigenvalue weighted by atomic mass is 16.4. The molecular weight excluding hydrogens is 154 g/mol. The molecule has 0 aliphatic rings. The lowest BCUT2D eigenvalue weighted by molar-refractivity contribution is 0.321. The molecule has 4 nitrogen and oxygen atoms in total. The molecule has 0 fully saturated rings. The molecule has 0 aliphatic heterocycles. The van der Waals surface area contributed by atoms with Crippen LogP contribution in [0.15, 0.2) is 29.7 Å². The molecule has 0 aliphatic carbocycles. The summed E-state index contributed by atoms with van der Waals surface area (Å²) in [5.41, 5.74) is 1.75. The van der Waals surface area contributed by atoms with Crippen molar-refractivity contribution >= 4 is 17.1 Å². The third kappa shape index (κ3) is 1.03. The van der Waals surface area contributed by atoms with E-state index < -0.39 is 0 Å². The van der Waals surface area contributed by atoms with Crippen molar-refractivity contribution in [2.75, 3.05) is 0 Å². The molecule has 0 saturated carbocycles. The average molecular weight is 161 g/mol. The predicted octanol–water partition coefficient (Wildman–Crippen LogP) is 1.37. The first-order chi connectivity index (χ1) is 5.90. The number of oxime groups is 1. The largest absolute Gasteiger partial charge is 0.411 e. The highest BCUT2D eigenvalue weighted by molar-refractivity contribution is 5.88. The molecule has 0 aromatic carbocycles. The van der Waals surface area contributed by atoms with Gasteiger partial charge in [0.2, 0.25) is 0 Å². The number of rotatable bonds is 1. The summed E-state index contributed by atoms with van der Waals surface area (Å²) in [6, 6.07) is 3.73. The molecule has 0 radical (unpaired) electrons. The van der Waals surface area contributed by atoms with Gasteiger partial charge < -0.3 is 10.2 Å². The zero-order valence-corrected chi connectivity index (χ0v) is 6.23. The van der Waals surface area contributed by atoms with Gasteiger partial charge >= 0.3 is 0 Å². The Morgan fingerprint density at radius 2 is 2.50 bits per heavy atom. The summed E-state index contributed by atoms with van der Waals surface area (Å²) in [5, 5.41) is 12.2. The number of pyridine rings is 1. The minimum absolute atomic E-state index is 0.764. The van der Waals surface area contributed by atoms with Gasteiger partial charge in [-0.1, -0.05) is 5.16 Å². The predicted molar refractivity (Wildman–Crippen MR) is 45.5 cm³/mol. The van der Waals surface area contributed by atoms with Gasteiger partial charge in [0.15, 0.2) is 0 Å². The summed E-state index contributed by atoms with van der Waals surface area (Å²) < 4.78 is 0. The van der Waals surface area contributed by atoms with E-state index in [0.29, 0.717) is 0 Å². The number of hydrogen-bond donors (Lipinski definition) is 2. The maximum Gasteiger partial charge on any atom is 0.0896 e. The molecule has 60 valence electrons. The molecule has 0 spiro atoms. The van der Waals surface area contributed by atoms with E-state index in [1.54, 1.807) is 12.4 Å². The average Bonchev–Trinajstić information content (AvgIpc) is 2.47. The van der Waals surface area contributed by atoms with E-state index in [4.69, 9.17) is 5.21 Å². The highest BCUT2D eigenvalue weighted by Gasteiger charge is 1.96. The molecule has 0 amide bonds. The maximum absolute atomic E-state index is 8.28. The summed E-state index contributed by atoms with van der Waals surface area (Å²) >= 11 is 0. The van der Waals surface area contributed by atoms with Gasteiger partial charge in [-0.25, -0.2) is 0 Å². The lowest BCUT2D eigenvalue weighted by Crippen LogP contribution is -1.77. The second kappa shape index (κ2) is 2.65. The Balaban J connectivity index is 2.62. The Kier molecular flexibility index (Phi) is 1.51. The van der Waals surface area contributed by atoms with E-state index in [0.717, 1.165) is 16.6 Å². The van der Waals surface area contributed by atoms with Crippen molar-refractivity contribution in [1.29, 1.82) is 0 Å². The Bertz CT molecular complexity index is 386. The minimum atomic E-state index is 0.764. The van der Waals surface area contributed by atoms with Crippen LogP contribution >= 0.6 is 0 Å². The first-order valence-electron chi connectivity index (χ1n) is 3.50. The van der Waals surface area contributed by atoms with Crippen molar-refractivity contribution in [3.8, 4) is 0 Å². The van der Waals surface area contributed by atoms with Gasteiger partial charge in [0.1, 0.15) is 0 Å². The number of aromatic nitrogens is 2. The molecule has 2 rings (SSSR count). The first-order valence-corrected chi connectivity index (χ1v) is 3.50. The molecule has 0 unspecified atom stereocenters. The molecule has 0 bridgehead atoms. The molecule has 0 atom stereocenters. The number of nitrogens with one attached hydrogen (secondary N) is 1. The van der Waals surface area contributed by atoms with E-state index in [-0.39, 0.29) is 0 Å². The first kappa shape index (κ1) is 6.84. The van der Waals surface area contributed by atoms with E-state index in [2.05, 4.69) is 15.1 Å². The molecule has 2 N–H and O–H groups in total. The van der Waals surface area contributed by atoms with Gasteiger partial charge in [-0.05, 0) is 12.1 Å². The quantitative estimate of drug-likeness (QED) is 0.377. The lowest BCUT2D eigenvalue weighted by Gasteiger charge is -1.83. The zero-order chi connectivity index (χ0) is 8.39. The number of hydrogen-bond acceptors (Lipinski definition) is 3. The lowest BCUT2D eigenvalue weighted by atomic mass is 10.3. The van der Waals surface area contributed by atoms with Crippen LogP contribution in [0.2, 0.25) is 0 Å². The number of aromatic amines is 1. The van der Waals surface area contributed by atoms with Crippen LogP contribution in [0.3, 0.4) is 0 Å². The summed E-state index contributed by atoms with van der Waals surface area (Å²) in [5.74, 6) is 0. The molecule has 2 aromatic heterocycles. The number of fused-ring (bicyclic) bond motifs is 1. The second-order valence-corrected chi connectivity index (χ2v) is 2.43. The van der Waals surface area contributed by atoms with Crippen LogP contribution < -0.4 is 0 Å². The van der Waals surface area contributed by atoms with Crippen molar-refractivity contribution in [3.05, 3.63) is 30.2 Å². The van der Waals surface area contributed by atoms with Crippen LogP contribution in [-0.2, 0) is 0 Å². The van der Waals surface area contributed by atoms with Gasteiger partial charge in [-0.15, -0.1) is 0 Å². The molecule has 12 heavy (non-hydrogen) atoms. The van der Waals surface area contributed by atoms with E-state index >= 15 is 0 Å². The van der Waals surface area contributed by atoms with Crippen molar-refractivity contribution in [3.63, 3.8) is 0 Å². The Morgan fingerprint density at radius 1 is 1.58 bits per heavy atom. The fourth-order valence-electron chi connectivity index (χ4n) is 1.13. The molecule has 0 saturated heterocycles. The molecule has 4 heteroatoms. The molecule has 2 heterocycles. The van der Waals surface area contributed by atoms with Crippen LogP contribution in [0.25, 0.3) is 10.9 Å². The van der Waals surface area contributed by atoms with Crippen LogP contribution in [0.4, 0.5) is 0 Å². The monoisotopic (exact) mass is 161 g/mol. The van der Waals surface area contributed by atoms with Gasteiger partial charge in [0.05, 0.1) is 11.9 Å². The smallest absolute Gasteiger partial charge is 0.0896 e. The van der Waals surface area contributed by atoms with Gasteiger partial charge in [0, 0.05) is 23.3 Å². The fourth-order valence-corrected chi connectivity index (χ4v) is 1.13. The van der Waals surface area contributed by atoms with Crippen molar-refractivity contribution in [2.24, 2.45) is 5.16 Å². The van der Waals surface area contributed by atoms with Gasteiger partial charge in [-0.3, -0.25) is 4.98 Å². The number of H-pyrrole nitrogens is 1. The summed E-state index contributed by atoms with van der Waals surface area (Å²) in [4.78, 5) is 7.01. The Hall–Kier alpha value is -1.84. The third-order valence-corrected chi connectivity index (χ3v) is 1.64. The van der Waals surface area contributed by atoms with E-state index in [1.807, 2.05) is 12.1 Å². The van der Waals surface area contributed by atoms with Crippen LogP contribution in [-0.4, -0.2) is 21.4 Å². The SMILES string of the molecule is O/N=C\c1cc2cnccc2[nH]1. The standard InChI is InChI=1S/C8H7N3O/c12-10-5-7-3-6-4-9-2-1-8(6)11-7/h1-5,11-12H/b10-5-. The van der Waals surface area contributed by atoms with Crippen LogP contribution in [0, 0.1) is 0 Å². The fraction of sp³-hybridized carbons (Fsp3) is 0. The molecule has 2 aromatic rings. The van der Waals surface area contributed by atoms with Gasteiger partial charge in [0.25, 0.3) is 0 Å². The minimum Gasteiger partial charge on any atom is -0.411 e. The second-order valence-electron chi connectivity index (χ2n) is 2.43. The normalized spacial score (nSPS) is 11.3. The highest BCUT2D eigenvalue weighted by Crippen LogP contribution is 2.11. The summed E-state index contributed by atoms with van der Waals surface area (Å²) in [6.07, 6.45) is 4.80. The zero-order valence-electron chi connectivity index (χ0n) is 6.23. The molecular formula is C8H7N3O. The van der Waals surface area contributed by atoms with Crippen molar-refractivity contribution in [1.82, 2.24) is 9.97 Å². The maximum atomic E-state index is 8.28. The van der Waals surface area contributed by atoms with Gasteiger partial charge in [-0.2, -0.15) is 0 Å².